The third kappa shape index (κ3) is 1.56. The van der Waals surface area contributed by atoms with Gasteiger partial charge in [0.1, 0.15) is 0 Å². The largest absolute Gasteiger partial charge is 0.304 e. The number of carbonyl (C=O) groups is 1. The van der Waals surface area contributed by atoms with Crippen LogP contribution in [0.25, 0.3) is 0 Å². The maximum absolute atomic E-state index is 12.2. The third-order valence-electron chi connectivity index (χ3n) is 3.11. The van der Waals surface area contributed by atoms with Crippen LogP contribution in [0.5, 0.6) is 0 Å². The summed E-state index contributed by atoms with van der Waals surface area (Å²) in [5, 5.41) is 8.87. The van der Waals surface area contributed by atoms with Crippen molar-refractivity contribution in [2.24, 2.45) is 0 Å². The van der Waals surface area contributed by atoms with Crippen LogP contribution in [0.1, 0.15) is 21.5 Å². The van der Waals surface area contributed by atoms with E-state index in [2.05, 4.69) is 6.07 Å². The zero-order chi connectivity index (χ0) is 12.5. The molecule has 0 aliphatic carbocycles. The highest BCUT2D eigenvalue weighted by molar-refractivity contribution is 6.10. The average Bonchev–Trinajstić information content (AvgIpc) is 2.76. The van der Waals surface area contributed by atoms with Crippen LogP contribution >= 0.6 is 0 Å². The number of fused-ring (bicyclic) bond motifs is 1. The van der Waals surface area contributed by atoms with Gasteiger partial charge in [0.15, 0.2) is 0 Å². The first kappa shape index (κ1) is 10.5. The Labute approximate surface area is 105 Å². The van der Waals surface area contributed by atoms with Gasteiger partial charge in [-0.15, -0.1) is 0 Å². The lowest BCUT2D eigenvalue weighted by atomic mass is 10.1. The van der Waals surface area contributed by atoms with E-state index in [0.717, 1.165) is 11.3 Å². The van der Waals surface area contributed by atoms with E-state index in [9.17, 15) is 4.79 Å². The molecular weight excluding hydrogens is 224 g/mol. The number of nitriles is 1. The van der Waals surface area contributed by atoms with Gasteiger partial charge < -0.3 is 4.90 Å². The highest BCUT2D eigenvalue weighted by Crippen LogP contribution is 2.28. The molecule has 3 nitrogen and oxygen atoms in total. The van der Waals surface area contributed by atoms with Crippen molar-refractivity contribution in [1.82, 2.24) is 0 Å². The number of rotatable bonds is 1. The Morgan fingerprint density at radius 2 is 1.89 bits per heavy atom. The first-order valence-electron chi connectivity index (χ1n) is 5.69. The summed E-state index contributed by atoms with van der Waals surface area (Å²) in [6.45, 7) is 0.535. The Balaban J connectivity index is 2.02. The molecule has 0 saturated carbocycles. The van der Waals surface area contributed by atoms with Crippen LogP contribution in [0, 0.1) is 11.3 Å². The van der Waals surface area contributed by atoms with Gasteiger partial charge in [-0.2, -0.15) is 5.26 Å². The Kier molecular flexibility index (Phi) is 2.35. The number of benzene rings is 2. The van der Waals surface area contributed by atoms with Gasteiger partial charge >= 0.3 is 0 Å². The van der Waals surface area contributed by atoms with Crippen LogP contribution in [0.4, 0.5) is 5.69 Å². The third-order valence-corrected chi connectivity index (χ3v) is 3.11. The summed E-state index contributed by atoms with van der Waals surface area (Å²) in [6.07, 6.45) is 0. The quantitative estimate of drug-likeness (QED) is 0.761. The van der Waals surface area contributed by atoms with Crippen molar-refractivity contribution in [3.63, 3.8) is 0 Å². The predicted octanol–water partition coefficient (Wildman–Crippen LogP) is 2.72. The van der Waals surface area contributed by atoms with Gasteiger partial charge in [0.25, 0.3) is 5.91 Å². The van der Waals surface area contributed by atoms with E-state index in [0.29, 0.717) is 17.7 Å². The molecule has 0 N–H and O–H groups in total. The van der Waals surface area contributed by atoms with E-state index in [4.69, 9.17) is 5.26 Å². The summed E-state index contributed by atoms with van der Waals surface area (Å²) >= 11 is 0. The highest BCUT2D eigenvalue weighted by atomic mass is 16.2. The molecule has 0 bridgehead atoms. The highest BCUT2D eigenvalue weighted by Gasteiger charge is 2.28. The molecule has 0 aromatic heterocycles. The molecule has 3 heteroatoms. The zero-order valence-electron chi connectivity index (χ0n) is 9.63. The van der Waals surface area contributed by atoms with Gasteiger partial charge in [0.05, 0.1) is 18.2 Å². The van der Waals surface area contributed by atoms with Gasteiger partial charge in [-0.3, -0.25) is 4.79 Å². The molecule has 0 unspecified atom stereocenters. The van der Waals surface area contributed by atoms with E-state index >= 15 is 0 Å². The lowest BCUT2D eigenvalue weighted by Gasteiger charge is -2.15. The van der Waals surface area contributed by atoms with Crippen LogP contribution < -0.4 is 4.90 Å². The van der Waals surface area contributed by atoms with Crippen molar-refractivity contribution in [1.29, 1.82) is 5.26 Å². The van der Waals surface area contributed by atoms with Gasteiger partial charge in [0, 0.05) is 11.3 Å². The lowest BCUT2D eigenvalue weighted by Crippen LogP contribution is -2.22. The maximum atomic E-state index is 12.2. The second-order valence-electron chi connectivity index (χ2n) is 4.21. The molecule has 0 fully saturated rings. The zero-order valence-corrected chi connectivity index (χ0v) is 9.63. The lowest BCUT2D eigenvalue weighted by molar-refractivity contribution is 0.0996. The minimum Gasteiger partial charge on any atom is -0.304 e. The van der Waals surface area contributed by atoms with E-state index in [-0.39, 0.29) is 5.91 Å². The SMILES string of the molecule is N#Cc1ccc2c(c1)CN(c1ccccc1)C2=O. The summed E-state index contributed by atoms with van der Waals surface area (Å²) in [7, 11) is 0. The summed E-state index contributed by atoms with van der Waals surface area (Å²) in [6, 6.07) is 16.9. The standard InChI is InChI=1S/C15H10N2O/c16-9-11-6-7-14-12(8-11)10-17(15(14)18)13-4-2-1-3-5-13/h1-8H,10H2. The van der Waals surface area contributed by atoms with Crippen molar-refractivity contribution >= 4 is 11.6 Å². The first-order chi connectivity index (χ1) is 8.79. The van der Waals surface area contributed by atoms with Crippen molar-refractivity contribution in [3.8, 4) is 6.07 Å². The maximum Gasteiger partial charge on any atom is 0.258 e. The Morgan fingerprint density at radius 1 is 1.11 bits per heavy atom. The van der Waals surface area contributed by atoms with Gasteiger partial charge in [-0.25, -0.2) is 0 Å². The number of para-hydroxylation sites is 1. The fourth-order valence-corrected chi connectivity index (χ4v) is 2.21. The number of hydrogen-bond donors (Lipinski definition) is 0. The molecule has 2 aromatic carbocycles. The Bertz CT molecular complexity index is 656. The van der Waals surface area contributed by atoms with Gasteiger partial charge in [0.2, 0.25) is 0 Å². The Hall–Kier alpha value is -2.60. The molecule has 0 atom stereocenters. The van der Waals surface area contributed by atoms with E-state index in [1.54, 1.807) is 23.1 Å². The number of hydrogen-bond acceptors (Lipinski definition) is 2. The minimum absolute atomic E-state index is 0.000639. The monoisotopic (exact) mass is 234 g/mol. The summed E-state index contributed by atoms with van der Waals surface area (Å²) in [5.74, 6) is 0.000639. The van der Waals surface area contributed by atoms with Gasteiger partial charge in [-0.05, 0) is 35.9 Å². The van der Waals surface area contributed by atoms with E-state index in [1.165, 1.54) is 0 Å². The smallest absolute Gasteiger partial charge is 0.258 e. The first-order valence-corrected chi connectivity index (χ1v) is 5.69. The molecule has 1 amide bonds. The van der Waals surface area contributed by atoms with Crippen molar-refractivity contribution in [2.45, 2.75) is 6.54 Å². The van der Waals surface area contributed by atoms with E-state index < -0.39 is 0 Å². The predicted molar refractivity (Wildman–Crippen MR) is 68.1 cm³/mol. The topological polar surface area (TPSA) is 44.1 Å². The normalized spacial score (nSPS) is 13.3. The molecule has 18 heavy (non-hydrogen) atoms. The van der Waals surface area contributed by atoms with Crippen LogP contribution in [-0.4, -0.2) is 5.91 Å². The number of amides is 1. The second-order valence-corrected chi connectivity index (χ2v) is 4.21. The average molecular weight is 234 g/mol. The van der Waals surface area contributed by atoms with E-state index in [1.807, 2.05) is 30.3 Å². The summed E-state index contributed by atoms with van der Waals surface area (Å²) in [4.78, 5) is 14.0. The van der Waals surface area contributed by atoms with Crippen LogP contribution in [0.15, 0.2) is 48.5 Å². The van der Waals surface area contributed by atoms with Gasteiger partial charge in [-0.1, -0.05) is 18.2 Å². The fourth-order valence-electron chi connectivity index (χ4n) is 2.21. The van der Waals surface area contributed by atoms with Crippen molar-refractivity contribution in [2.75, 3.05) is 4.90 Å². The summed E-state index contributed by atoms with van der Waals surface area (Å²) in [5.41, 5.74) is 3.09. The Morgan fingerprint density at radius 3 is 2.61 bits per heavy atom. The number of carbonyl (C=O) groups excluding carboxylic acids is 1. The molecule has 0 saturated heterocycles. The molecule has 3 rings (SSSR count). The molecule has 1 heterocycles. The molecule has 1 aliphatic heterocycles. The molecule has 0 spiro atoms. The minimum atomic E-state index is 0.000639. The molecule has 86 valence electrons. The second kappa shape index (κ2) is 4.01. The number of anilines is 1. The van der Waals surface area contributed by atoms with Crippen LogP contribution in [-0.2, 0) is 6.54 Å². The molecular formula is C15H10N2O. The molecule has 1 aliphatic rings. The molecule has 0 radical (unpaired) electrons. The molecule has 2 aromatic rings. The van der Waals surface area contributed by atoms with Crippen molar-refractivity contribution < 1.29 is 4.79 Å². The number of nitrogens with zero attached hydrogens (tertiary/aromatic N) is 2. The van der Waals surface area contributed by atoms with Crippen LogP contribution in [0.2, 0.25) is 0 Å². The van der Waals surface area contributed by atoms with Crippen molar-refractivity contribution in [3.05, 3.63) is 65.2 Å². The van der Waals surface area contributed by atoms with Crippen LogP contribution in [0.3, 0.4) is 0 Å². The fraction of sp³-hybridized carbons (Fsp3) is 0.0667. The summed E-state index contributed by atoms with van der Waals surface area (Å²) < 4.78 is 0.